The van der Waals surface area contributed by atoms with E-state index in [9.17, 15) is 4.79 Å². The zero-order chi connectivity index (χ0) is 6.69. The molecule has 0 spiro atoms. The van der Waals surface area contributed by atoms with Gasteiger partial charge in [-0.05, 0) is 12.1 Å². The van der Waals surface area contributed by atoms with Crippen molar-refractivity contribution in [1.82, 2.24) is 5.32 Å². The quantitative estimate of drug-likeness (QED) is 0.523. The summed E-state index contributed by atoms with van der Waals surface area (Å²) in [6, 6.07) is 0. The molecular weight excluding hydrogens is 114 g/mol. The monoisotopic (exact) mass is 123 g/mol. The normalized spacial score (nSPS) is 24.6. The van der Waals surface area contributed by atoms with Crippen LogP contribution >= 0.6 is 0 Å². The molecule has 1 rings (SSSR count). The molecule has 0 aromatic rings. The van der Waals surface area contributed by atoms with E-state index >= 15 is 0 Å². The molecule has 0 saturated heterocycles. The van der Waals surface area contributed by atoms with E-state index in [-0.39, 0.29) is 0 Å². The molecule has 0 bridgehead atoms. The molecular formula is C7H9NO. The lowest BCUT2D eigenvalue weighted by Crippen LogP contribution is -2.11. The van der Waals surface area contributed by atoms with E-state index in [2.05, 4.69) is 5.32 Å². The van der Waals surface area contributed by atoms with Gasteiger partial charge in [-0.3, -0.25) is 4.79 Å². The smallest absolute Gasteiger partial charge is 0.165 e. The van der Waals surface area contributed by atoms with Gasteiger partial charge in [0.25, 0.3) is 0 Å². The Morgan fingerprint density at radius 1 is 1.78 bits per heavy atom. The molecule has 0 amide bonds. The fourth-order valence-electron chi connectivity index (χ4n) is 0.756. The van der Waals surface area contributed by atoms with Crippen molar-refractivity contribution in [3.8, 4) is 0 Å². The van der Waals surface area contributed by atoms with Crippen LogP contribution in [0.15, 0.2) is 24.0 Å². The fourth-order valence-corrected chi connectivity index (χ4v) is 0.756. The third-order valence-electron chi connectivity index (χ3n) is 1.22. The SMILES string of the molecule is CC1C=CNC(C=O)=C1. The van der Waals surface area contributed by atoms with Gasteiger partial charge in [0.2, 0.25) is 0 Å². The summed E-state index contributed by atoms with van der Waals surface area (Å²) in [5.41, 5.74) is 0.657. The van der Waals surface area contributed by atoms with Crippen molar-refractivity contribution in [3.63, 3.8) is 0 Å². The van der Waals surface area contributed by atoms with Gasteiger partial charge < -0.3 is 5.32 Å². The molecule has 0 radical (unpaired) electrons. The summed E-state index contributed by atoms with van der Waals surface area (Å²) >= 11 is 0. The second-order valence-electron chi connectivity index (χ2n) is 2.10. The number of dihydropyridines is 1. The summed E-state index contributed by atoms with van der Waals surface area (Å²) in [5, 5.41) is 2.81. The molecule has 0 fully saturated rings. The number of aldehydes is 1. The van der Waals surface area contributed by atoms with E-state index in [1.807, 2.05) is 19.1 Å². The summed E-state index contributed by atoms with van der Waals surface area (Å²) < 4.78 is 0. The molecule has 2 nitrogen and oxygen atoms in total. The molecule has 0 saturated carbocycles. The van der Waals surface area contributed by atoms with Crippen LogP contribution in [0, 0.1) is 5.92 Å². The predicted octanol–water partition coefficient (Wildman–Crippen LogP) is 0.822. The lowest BCUT2D eigenvalue weighted by atomic mass is 10.1. The van der Waals surface area contributed by atoms with Crippen LogP contribution in [0.4, 0.5) is 0 Å². The first-order chi connectivity index (χ1) is 4.33. The lowest BCUT2D eigenvalue weighted by Gasteiger charge is -2.08. The second-order valence-corrected chi connectivity index (χ2v) is 2.10. The first kappa shape index (κ1) is 6.08. The number of nitrogens with one attached hydrogen (secondary N) is 1. The molecule has 1 atom stereocenters. The third kappa shape index (κ3) is 1.42. The Kier molecular flexibility index (Phi) is 1.68. The van der Waals surface area contributed by atoms with Crippen molar-refractivity contribution in [2.24, 2.45) is 5.92 Å². The molecule has 1 unspecified atom stereocenters. The number of allylic oxidation sites excluding steroid dienone is 3. The van der Waals surface area contributed by atoms with E-state index in [1.54, 1.807) is 6.20 Å². The van der Waals surface area contributed by atoms with Crippen LogP contribution in [0.3, 0.4) is 0 Å². The Hall–Kier alpha value is -1.05. The average molecular weight is 123 g/mol. The highest BCUT2D eigenvalue weighted by atomic mass is 16.1. The minimum Gasteiger partial charge on any atom is -0.360 e. The van der Waals surface area contributed by atoms with Crippen LogP contribution in [0.2, 0.25) is 0 Å². The van der Waals surface area contributed by atoms with E-state index < -0.39 is 0 Å². The van der Waals surface area contributed by atoms with Crippen molar-refractivity contribution in [2.45, 2.75) is 6.92 Å². The minimum absolute atomic E-state index is 0.381. The fraction of sp³-hybridized carbons (Fsp3) is 0.286. The summed E-state index contributed by atoms with van der Waals surface area (Å²) in [6.07, 6.45) is 6.48. The van der Waals surface area contributed by atoms with Gasteiger partial charge >= 0.3 is 0 Å². The van der Waals surface area contributed by atoms with Gasteiger partial charge in [0.1, 0.15) is 0 Å². The van der Waals surface area contributed by atoms with Crippen molar-refractivity contribution in [2.75, 3.05) is 0 Å². The van der Waals surface area contributed by atoms with Crippen LogP contribution in [0.5, 0.6) is 0 Å². The summed E-state index contributed by atoms with van der Waals surface area (Å²) in [4.78, 5) is 10.1. The molecule has 1 aliphatic rings. The number of hydrogen-bond acceptors (Lipinski definition) is 2. The van der Waals surface area contributed by atoms with Crippen molar-refractivity contribution >= 4 is 6.29 Å². The van der Waals surface area contributed by atoms with E-state index in [0.717, 1.165) is 6.29 Å². The molecule has 9 heavy (non-hydrogen) atoms. The molecule has 48 valence electrons. The molecule has 1 aliphatic heterocycles. The zero-order valence-electron chi connectivity index (χ0n) is 5.29. The van der Waals surface area contributed by atoms with Crippen LogP contribution in [0.25, 0.3) is 0 Å². The molecule has 1 N–H and O–H groups in total. The molecule has 2 heteroatoms. The van der Waals surface area contributed by atoms with E-state index in [1.165, 1.54) is 0 Å². The van der Waals surface area contributed by atoms with Crippen LogP contribution in [-0.2, 0) is 4.79 Å². The average Bonchev–Trinajstić information content (AvgIpc) is 1.88. The van der Waals surface area contributed by atoms with Crippen LogP contribution < -0.4 is 5.32 Å². The molecule has 0 aliphatic carbocycles. The third-order valence-corrected chi connectivity index (χ3v) is 1.22. The van der Waals surface area contributed by atoms with Crippen molar-refractivity contribution in [3.05, 3.63) is 24.0 Å². The van der Waals surface area contributed by atoms with E-state index in [4.69, 9.17) is 0 Å². The number of carbonyl (C=O) groups is 1. The van der Waals surface area contributed by atoms with Gasteiger partial charge in [0, 0.05) is 0 Å². The Bertz CT molecular complexity index is 170. The lowest BCUT2D eigenvalue weighted by molar-refractivity contribution is -0.105. The minimum atomic E-state index is 0.381. The highest BCUT2D eigenvalue weighted by molar-refractivity contribution is 5.73. The number of rotatable bonds is 1. The first-order valence-electron chi connectivity index (χ1n) is 2.93. The Morgan fingerprint density at radius 2 is 2.56 bits per heavy atom. The zero-order valence-corrected chi connectivity index (χ0v) is 5.29. The van der Waals surface area contributed by atoms with Crippen LogP contribution in [-0.4, -0.2) is 6.29 Å². The Labute approximate surface area is 54.3 Å². The summed E-state index contributed by atoms with van der Waals surface area (Å²) in [7, 11) is 0. The van der Waals surface area contributed by atoms with Gasteiger partial charge in [-0.25, -0.2) is 0 Å². The highest BCUT2D eigenvalue weighted by Gasteiger charge is 1.99. The van der Waals surface area contributed by atoms with Gasteiger partial charge in [0.15, 0.2) is 6.29 Å². The highest BCUT2D eigenvalue weighted by Crippen LogP contribution is 2.05. The van der Waals surface area contributed by atoms with Crippen LogP contribution in [0.1, 0.15) is 6.92 Å². The van der Waals surface area contributed by atoms with Gasteiger partial charge in [0.05, 0.1) is 5.70 Å². The van der Waals surface area contributed by atoms with Gasteiger partial charge in [-0.2, -0.15) is 0 Å². The Morgan fingerprint density at radius 3 is 3.00 bits per heavy atom. The first-order valence-corrected chi connectivity index (χ1v) is 2.93. The largest absolute Gasteiger partial charge is 0.360 e. The van der Waals surface area contributed by atoms with Gasteiger partial charge in [-0.15, -0.1) is 0 Å². The number of hydrogen-bond donors (Lipinski definition) is 1. The summed E-state index contributed by atoms with van der Waals surface area (Å²) in [5.74, 6) is 0.381. The van der Waals surface area contributed by atoms with Crippen molar-refractivity contribution in [1.29, 1.82) is 0 Å². The topological polar surface area (TPSA) is 29.1 Å². The van der Waals surface area contributed by atoms with Gasteiger partial charge in [-0.1, -0.05) is 19.1 Å². The van der Waals surface area contributed by atoms with E-state index in [0.29, 0.717) is 11.6 Å². The predicted molar refractivity (Wildman–Crippen MR) is 35.6 cm³/mol. The maximum atomic E-state index is 10.1. The number of carbonyl (C=O) groups excluding carboxylic acids is 1. The molecule has 1 heterocycles. The maximum Gasteiger partial charge on any atom is 0.165 e. The van der Waals surface area contributed by atoms with Crippen molar-refractivity contribution < 1.29 is 4.79 Å². The standard InChI is InChI=1S/C7H9NO/c1-6-2-3-8-7(4-6)5-9/h2-6,8H,1H3. The molecule has 0 aromatic heterocycles. The maximum absolute atomic E-state index is 10.1. The summed E-state index contributed by atoms with van der Waals surface area (Å²) in [6.45, 7) is 2.03. The second kappa shape index (κ2) is 2.49. The molecule has 0 aromatic carbocycles. The Balaban J connectivity index is 2.65.